The summed E-state index contributed by atoms with van der Waals surface area (Å²) < 4.78 is 4.78. The van der Waals surface area contributed by atoms with Crippen molar-refractivity contribution in [1.29, 1.82) is 0 Å². The van der Waals surface area contributed by atoms with E-state index in [0.717, 1.165) is 5.75 Å². The highest BCUT2D eigenvalue weighted by Crippen LogP contribution is 2.14. The van der Waals surface area contributed by atoms with Crippen LogP contribution in [0.1, 0.15) is 20.8 Å². The molecule has 4 heteroatoms. The monoisotopic (exact) mass is 189 g/mol. The van der Waals surface area contributed by atoms with Gasteiger partial charge in [0.15, 0.2) is 0 Å². The number of rotatable bonds is 4. The molecule has 2 N–H and O–H groups in total. The minimum atomic E-state index is -0.323. The molecule has 0 saturated heterocycles. The van der Waals surface area contributed by atoms with Crippen molar-refractivity contribution in [2.75, 3.05) is 12.4 Å². The van der Waals surface area contributed by atoms with Gasteiger partial charge in [-0.25, -0.2) is 4.79 Å². The van der Waals surface area contributed by atoms with Crippen molar-refractivity contribution < 1.29 is 9.53 Å². The standard InChI is InChI=1S/C8H15NO2S/c1-4-11-8(10)6(3)7(9)12-5-2/h4-5,9H2,1-3H3/b7-6+. The van der Waals surface area contributed by atoms with Crippen LogP contribution >= 0.6 is 11.8 Å². The van der Waals surface area contributed by atoms with Crippen molar-refractivity contribution in [2.45, 2.75) is 20.8 Å². The van der Waals surface area contributed by atoms with Crippen molar-refractivity contribution in [3.63, 3.8) is 0 Å². The lowest BCUT2D eigenvalue weighted by Crippen LogP contribution is -2.10. The van der Waals surface area contributed by atoms with Crippen LogP contribution in [0.15, 0.2) is 10.6 Å². The molecule has 0 atom stereocenters. The van der Waals surface area contributed by atoms with Crippen LogP contribution in [0.25, 0.3) is 0 Å². The van der Waals surface area contributed by atoms with Gasteiger partial charge >= 0.3 is 5.97 Å². The van der Waals surface area contributed by atoms with Gasteiger partial charge in [-0.2, -0.15) is 0 Å². The molecule has 0 amide bonds. The Balaban J connectivity index is 4.22. The lowest BCUT2D eigenvalue weighted by atomic mass is 10.3. The van der Waals surface area contributed by atoms with Crippen molar-refractivity contribution >= 4 is 17.7 Å². The summed E-state index contributed by atoms with van der Waals surface area (Å²) in [7, 11) is 0. The molecule has 0 aromatic carbocycles. The molecular weight excluding hydrogens is 174 g/mol. The van der Waals surface area contributed by atoms with E-state index in [0.29, 0.717) is 17.2 Å². The quantitative estimate of drug-likeness (QED) is 0.538. The highest BCUT2D eigenvalue weighted by molar-refractivity contribution is 8.03. The molecule has 0 aliphatic carbocycles. The van der Waals surface area contributed by atoms with Gasteiger partial charge in [0, 0.05) is 0 Å². The smallest absolute Gasteiger partial charge is 0.336 e. The first-order chi connectivity index (χ1) is 5.63. The fourth-order valence-electron chi connectivity index (χ4n) is 0.604. The highest BCUT2D eigenvalue weighted by Gasteiger charge is 2.08. The number of carbonyl (C=O) groups is 1. The van der Waals surface area contributed by atoms with Gasteiger partial charge in [-0.3, -0.25) is 0 Å². The van der Waals surface area contributed by atoms with E-state index in [1.165, 1.54) is 11.8 Å². The maximum Gasteiger partial charge on any atom is 0.336 e. The van der Waals surface area contributed by atoms with Crippen LogP contribution in [-0.2, 0) is 9.53 Å². The molecule has 0 bridgehead atoms. The number of thioether (sulfide) groups is 1. The summed E-state index contributed by atoms with van der Waals surface area (Å²) in [6, 6.07) is 0. The van der Waals surface area contributed by atoms with E-state index in [1.54, 1.807) is 13.8 Å². The van der Waals surface area contributed by atoms with Gasteiger partial charge < -0.3 is 10.5 Å². The van der Waals surface area contributed by atoms with Gasteiger partial charge in [0.25, 0.3) is 0 Å². The lowest BCUT2D eigenvalue weighted by molar-refractivity contribution is -0.138. The molecule has 0 aromatic heterocycles. The molecule has 70 valence electrons. The SMILES string of the molecule is CCOC(=O)/C(C)=C(\N)SCC. The van der Waals surface area contributed by atoms with E-state index in [4.69, 9.17) is 10.5 Å². The maximum atomic E-state index is 11.1. The van der Waals surface area contributed by atoms with E-state index in [9.17, 15) is 4.79 Å². The maximum absolute atomic E-state index is 11.1. The zero-order valence-corrected chi connectivity index (χ0v) is 8.53. The fourth-order valence-corrected chi connectivity index (χ4v) is 1.21. The summed E-state index contributed by atoms with van der Waals surface area (Å²) in [6.45, 7) is 5.82. The Labute approximate surface area is 77.3 Å². The molecule has 0 heterocycles. The van der Waals surface area contributed by atoms with Crippen LogP contribution < -0.4 is 5.73 Å². The topological polar surface area (TPSA) is 52.3 Å². The third kappa shape index (κ3) is 3.67. The second kappa shape index (κ2) is 5.94. The zero-order chi connectivity index (χ0) is 9.56. The second-order valence-corrected chi connectivity index (χ2v) is 3.45. The summed E-state index contributed by atoms with van der Waals surface area (Å²) >= 11 is 1.45. The molecule has 0 rings (SSSR count). The van der Waals surface area contributed by atoms with Crippen LogP contribution in [-0.4, -0.2) is 18.3 Å². The van der Waals surface area contributed by atoms with Crippen molar-refractivity contribution in [1.82, 2.24) is 0 Å². The van der Waals surface area contributed by atoms with Gasteiger partial charge in [0.1, 0.15) is 0 Å². The first kappa shape index (κ1) is 11.4. The summed E-state index contributed by atoms with van der Waals surface area (Å²) in [5.41, 5.74) is 6.10. The number of carbonyl (C=O) groups excluding carboxylic acids is 1. The molecule has 0 saturated carbocycles. The predicted molar refractivity (Wildman–Crippen MR) is 51.7 cm³/mol. The van der Waals surface area contributed by atoms with E-state index < -0.39 is 0 Å². The summed E-state index contributed by atoms with van der Waals surface area (Å²) in [5, 5.41) is 0.552. The summed E-state index contributed by atoms with van der Waals surface area (Å²) in [5.74, 6) is 0.540. The van der Waals surface area contributed by atoms with Gasteiger partial charge in [-0.15, -0.1) is 11.8 Å². The Hall–Kier alpha value is -0.640. The third-order valence-corrected chi connectivity index (χ3v) is 2.16. The molecule has 0 unspecified atom stereocenters. The Morgan fingerprint density at radius 2 is 2.08 bits per heavy atom. The third-order valence-electron chi connectivity index (χ3n) is 1.25. The molecule has 0 aliphatic rings. The van der Waals surface area contributed by atoms with E-state index in [2.05, 4.69) is 0 Å². The summed E-state index contributed by atoms with van der Waals surface area (Å²) in [4.78, 5) is 11.1. The van der Waals surface area contributed by atoms with Crippen molar-refractivity contribution in [3.8, 4) is 0 Å². The van der Waals surface area contributed by atoms with Gasteiger partial charge in [-0.1, -0.05) is 6.92 Å². The Bertz CT molecular complexity index is 189. The molecule has 12 heavy (non-hydrogen) atoms. The number of ether oxygens (including phenoxy) is 1. The van der Waals surface area contributed by atoms with Crippen LogP contribution in [0.3, 0.4) is 0 Å². The lowest BCUT2D eigenvalue weighted by Gasteiger charge is -2.04. The number of nitrogens with two attached hydrogens (primary N) is 1. The molecule has 3 nitrogen and oxygen atoms in total. The molecule has 0 aromatic rings. The van der Waals surface area contributed by atoms with Crippen molar-refractivity contribution in [2.24, 2.45) is 5.73 Å². The molecule has 0 spiro atoms. The number of hydrogen-bond donors (Lipinski definition) is 1. The second-order valence-electron chi connectivity index (χ2n) is 2.14. The van der Waals surface area contributed by atoms with E-state index in [1.807, 2.05) is 6.92 Å². The van der Waals surface area contributed by atoms with Gasteiger partial charge in [0.2, 0.25) is 0 Å². The fraction of sp³-hybridized carbons (Fsp3) is 0.625. The van der Waals surface area contributed by atoms with Gasteiger partial charge in [0.05, 0.1) is 17.2 Å². The minimum absolute atomic E-state index is 0.323. The normalized spacial score (nSPS) is 12.2. The van der Waals surface area contributed by atoms with Crippen LogP contribution in [0, 0.1) is 0 Å². The average Bonchev–Trinajstić information content (AvgIpc) is 2.04. The Kier molecular flexibility index (Phi) is 5.62. The Morgan fingerprint density at radius 1 is 1.50 bits per heavy atom. The minimum Gasteiger partial charge on any atom is -0.463 e. The van der Waals surface area contributed by atoms with Crippen molar-refractivity contribution in [3.05, 3.63) is 10.6 Å². The first-order valence-corrected chi connectivity index (χ1v) is 4.88. The molecule has 0 radical (unpaired) electrons. The Morgan fingerprint density at radius 3 is 2.50 bits per heavy atom. The van der Waals surface area contributed by atoms with Gasteiger partial charge in [-0.05, 0) is 19.6 Å². The molecule has 0 fully saturated rings. The number of esters is 1. The largest absolute Gasteiger partial charge is 0.463 e. The predicted octanol–water partition coefficient (Wildman–Crippen LogP) is 1.49. The van der Waals surface area contributed by atoms with E-state index in [-0.39, 0.29) is 5.97 Å². The molecule has 0 aliphatic heterocycles. The average molecular weight is 189 g/mol. The van der Waals surface area contributed by atoms with Crippen LogP contribution in [0.5, 0.6) is 0 Å². The molecular formula is C8H15NO2S. The summed E-state index contributed by atoms with van der Waals surface area (Å²) in [6.07, 6.45) is 0. The van der Waals surface area contributed by atoms with E-state index >= 15 is 0 Å². The first-order valence-electron chi connectivity index (χ1n) is 3.89. The number of hydrogen-bond acceptors (Lipinski definition) is 4. The van der Waals surface area contributed by atoms with Crippen LogP contribution in [0.4, 0.5) is 0 Å². The van der Waals surface area contributed by atoms with Crippen LogP contribution in [0.2, 0.25) is 0 Å². The zero-order valence-electron chi connectivity index (χ0n) is 7.72. The highest BCUT2D eigenvalue weighted by atomic mass is 32.2.